The molecule has 7 nitrogen and oxygen atoms in total. The number of benzene rings is 2. The molecule has 0 aliphatic carbocycles. The lowest BCUT2D eigenvalue weighted by Gasteiger charge is -2.35. The maximum absolute atomic E-state index is 11.2. The Morgan fingerprint density at radius 1 is 1.00 bits per heavy atom. The first-order chi connectivity index (χ1) is 12.2. The van der Waals surface area contributed by atoms with Crippen LogP contribution in [0.2, 0.25) is 0 Å². The fourth-order valence-corrected chi connectivity index (χ4v) is 3.33. The van der Waals surface area contributed by atoms with Crippen molar-refractivity contribution < 1.29 is 14.4 Å². The molecule has 2 aliphatic rings. The minimum atomic E-state index is -0.311. The summed E-state index contributed by atoms with van der Waals surface area (Å²) in [7, 11) is 0. The first-order valence-corrected chi connectivity index (χ1v) is 8.30. The Morgan fingerprint density at radius 2 is 1.76 bits per heavy atom. The number of anilines is 1. The molecule has 0 radical (unpaired) electrons. The van der Waals surface area contributed by atoms with Gasteiger partial charge in [-0.2, -0.15) is 0 Å². The molecular weight excluding hydrogens is 322 g/mol. The molecule has 7 heteroatoms. The third-order valence-electron chi connectivity index (χ3n) is 4.63. The highest BCUT2D eigenvalue weighted by Gasteiger charge is 2.23. The monoisotopic (exact) mass is 341 g/mol. The first-order valence-electron chi connectivity index (χ1n) is 8.30. The minimum absolute atomic E-state index is 0.173. The van der Waals surface area contributed by atoms with E-state index in [0.717, 1.165) is 44.2 Å². The molecule has 130 valence electrons. The Morgan fingerprint density at radius 3 is 2.56 bits per heavy atom. The molecule has 25 heavy (non-hydrogen) atoms. The fourth-order valence-electron chi connectivity index (χ4n) is 3.33. The molecule has 2 heterocycles. The van der Waals surface area contributed by atoms with E-state index in [4.69, 9.17) is 9.47 Å². The highest BCUT2D eigenvalue weighted by molar-refractivity contribution is 5.63. The molecule has 0 spiro atoms. The van der Waals surface area contributed by atoms with Gasteiger partial charge in [0.05, 0.1) is 4.92 Å². The molecule has 0 unspecified atom stereocenters. The van der Waals surface area contributed by atoms with Crippen LogP contribution in [-0.4, -0.2) is 42.8 Å². The molecule has 4 rings (SSSR count). The minimum Gasteiger partial charge on any atom is -0.454 e. The summed E-state index contributed by atoms with van der Waals surface area (Å²) in [5, 5.41) is 11.2. The van der Waals surface area contributed by atoms with Crippen LogP contribution in [0.25, 0.3) is 0 Å². The van der Waals surface area contributed by atoms with Crippen LogP contribution < -0.4 is 14.4 Å². The summed E-state index contributed by atoms with van der Waals surface area (Å²) in [6.45, 7) is 4.39. The molecule has 1 fully saturated rings. The molecule has 0 N–H and O–H groups in total. The Balaban J connectivity index is 1.40. The molecular formula is C18H19N3O4. The SMILES string of the molecule is O=[N+]([O-])c1ccccc1N1CCN(Cc2ccc3c(c2)OCO3)CC1. The lowest BCUT2D eigenvalue weighted by molar-refractivity contribution is -0.384. The van der Waals surface area contributed by atoms with Crippen molar-refractivity contribution in [2.75, 3.05) is 37.9 Å². The van der Waals surface area contributed by atoms with E-state index in [2.05, 4.69) is 15.9 Å². The Bertz CT molecular complexity index is 788. The Hall–Kier alpha value is -2.80. The van der Waals surface area contributed by atoms with Crippen LogP contribution >= 0.6 is 0 Å². The summed E-state index contributed by atoms with van der Waals surface area (Å²) in [5.41, 5.74) is 2.06. The van der Waals surface area contributed by atoms with E-state index in [1.807, 2.05) is 24.3 Å². The lowest BCUT2D eigenvalue weighted by Crippen LogP contribution is -2.46. The summed E-state index contributed by atoms with van der Waals surface area (Å²) in [4.78, 5) is 15.3. The van der Waals surface area contributed by atoms with Gasteiger partial charge < -0.3 is 14.4 Å². The van der Waals surface area contributed by atoms with Crippen molar-refractivity contribution in [1.29, 1.82) is 0 Å². The van der Waals surface area contributed by atoms with E-state index in [0.29, 0.717) is 5.69 Å². The van der Waals surface area contributed by atoms with Gasteiger partial charge in [-0.1, -0.05) is 18.2 Å². The molecule has 0 aromatic heterocycles. The number of fused-ring (bicyclic) bond motifs is 1. The van der Waals surface area contributed by atoms with Crippen molar-refractivity contribution >= 4 is 11.4 Å². The number of nitro groups is 1. The van der Waals surface area contributed by atoms with Gasteiger partial charge in [-0.15, -0.1) is 0 Å². The Kier molecular flexibility index (Phi) is 4.15. The molecule has 0 saturated carbocycles. The maximum atomic E-state index is 11.2. The van der Waals surface area contributed by atoms with Crippen LogP contribution in [0.3, 0.4) is 0 Å². The van der Waals surface area contributed by atoms with Crippen LogP contribution in [0, 0.1) is 10.1 Å². The van der Waals surface area contributed by atoms with Crippen LogP contribution in [0.15, 0.2) is 42.5 Å². The van der Waals surface area contributed by atoms with E-state index in [1.165, 1.54) is 5.56 Å². The van der Waals surface area contributed by atoms with E-state index >= 15 is 0 Å². The summed E-state index contributed by atoms with van der Waals surface area (Å²) in [5.74, 6) is 1.60. The van der Waals surface area contributed by atoms with Gasteiger partial charge in [0, 0.05) is 38.8 Å². The zero-order chi connectivity index (χ0) is 17.2. The predicted octanol–water partition coefficient (Wildman–Crippen LogP) is 2.65. The number of piperazine rings is 1. The van der Waals surface area contributed by atoms with Gasteiger partial charge >= 0.3 is 0 Å². The van der Waals surface area contributed by atoms with Gasteiger partial charge in [0.25, 0.3) is 5.69 Å². The van der Waals surface area contributed by atoms with E-state index < -0.39 is 0 Å². The van der Waals surface area contributed by atoms with Crippen molar-refractivity contribution in [2.45, 2.75) is 6.54 Å². The standard InChI is InChI=1S/C18H19N3O4/c22-21(23)16-4-2-1-3-15(16)20-9-7-19(8-10-20)12-14-5-6-17-18(11-14)25-13-24-17/h1-6,11H,7-10,12-13H2. The second-order valence-corrected chi connectivity index (χ2v) is 6.20. The average Bonchev–Trinajstić information content (AvgIpc) is 3.10. The zero-order valence-electron chi connectivity index (χ0n) is 13.8. The highest BCUT2D eigenvalue weighted by atomic mass is 16.7. The van der Waals surface area contributed by atoms with Crippen molar-refractivity contribution in [3.05, 3.63) is 58.1 Å². The molecule has 1 saturated heterocycles. The quantitative estimate of drug-likeness (QED) is 0.629. The highest BCUT2D eigenvalue weighted by Crippen LogP contribution is 2.33. The van der Waals surface area contributed by atoms with Crippen molar-refractivity contribution in [1.82, 2.24) is 4.90 Å². The third-order valence-corrected chi connectivity index (χ3v) is 4.63. The number of para-hydroxylation sites is 2. The number of hydrogen-bond acceptors (Lipinski definition) is 6. The smallest absolute Gasteiger partial charge is 0.292 e. The summed E-state index contributed by atoms with van der Waals surface area (Å²) < 4.78 is 10.8. The van der Waals surface area contributed by atoms with Gasteiger partial charge in [0.15, 0.2) is 11.5 Å². The van der Waals surface area contributed by atoms with Crippen LogP contribution in [0.1, 0.15) is 5.56 Å². The van der Waals surface area contributed by atoms with Crippen LogP contribution in [0.4, 0.5) is 11.4 Å². The molecule has 2 aromatic rings. The summed E-state index contributed by atoms with van der Waals surface area (Å²) >= 11 is 0. The first kappa shape index (κ1) is 15.7. The van der Waals surface area contributed by atoms with Gasteiger partial charge in [-0.05, 0) is 23.8 Å². The second-order valence-electron chi connectivity index (χ2n) is 6.20. The molecule has 2 aromatic carbocycles. The van der Waals surface area contributed by atoms with Crippen LogP contribution in [-0.2, 0) is 6.54 Å². The number of nitro benzene ring substituents is 1. The maximum Gasteiger partial charge on any atom is 0.292 e. The third kappa shape index (κ3) is 3.23. The van der Waals surface area contributed by atoms with Crippen LogP contribution in [0.5, 0.6) is 11.5 Å². The van der Waals surface area contributed by atoms with E-state index in [-0.39, 0.29) is 17.4 Å². The largest absolute Gasteiger partial charge is 0.454 e. The van der Waals surface area contributed by atoms with Gasteiger partial charge in [0.2, 0.25) is 6.79 Å². The normalized spacial score (nSPS) is 16.9. The fraction of sp³-hybridized carbons (Fsp3) is 0.333. The Labute approximate surface area is 145 Å². The molecule has 0 bridgehead atoms. The van der Waals surface area contributed by atoms with Gasteiger partial charge in [-0.3, -0.25) is 15.0 Å². The number of hydrogen-bond donors (Lipinski definition) is 0. The number of ether oxygens (including phenoxy) is 2. The molecule has 2 aliphatic heterocycles. The summed E-state index contributed by atoms with van der Waals surface area (Å²) in [6, 6.07) is 13.0. The van der Waals surface area contributed by atoms with E-state index in [1.54, 1.807) is 12.1 Å². The van der Waals surface area contributed by atoms with Crippen molar-refractivity contribution in [3.8, 4) is 11.5 Å². The lowest BCUT2D eigenvalue weighted by atomic mass is 10.1. The van der Waals surface area contributed by atoms with Gasteiger partial charge in [0.1, 0.15) is 5.69 Å². The van der Waals surface area contributed by atoms with Crippen molar-refractivity contribution in [3.63, 3.8) is 0 Å². The number of nitrogens with zero attached hydrogens (tertiary/aromatic N) is 3. The van der Waals surface area contributed by atoms with Crippen molar-refractivity contribution in [2.24, 2.45) is 0 Å². The summed E-state index contributed by atoms with van der Waals surface area (Å²) in [6.07, 6.45) is 0. The second kappa shape index (κ2) is 6.60. The van der Waals surface area contributed by atoms with Gasteiger partial charge in [-0.25, -0.2) is 0 Å². The molecule has 0 amide bonds. The zero-order valence-corrected chi connectivity index (χ0v) is 13.8. The van der Waals surface area contributed by atoms with E-state index in [9.17, 15) is 10.1 Å². The average molecular weight is 341 g/mol. The topological polar surface area (TPSA) is 68.1 Å². The predicted molar refractivity (Wildman–Crippen MR) is 93.2 cm³/mol. The molecule has 0 atom stereocenters. The number of rotatable bonds is 4.